The molecule has 0 atom stereocenters. The van der Waals surface area contributed by atoms with E-state index in [4.69, 9.17) is 5.10 Å². The molecule has 2 aromatic heterocycles. The second kappa shape index (κ2) is 6.64. The summed E-state index contributed by atoms with van der Waals surface area (Å²) in [6.07, 6.45) is 1.72. The van der Waals surface area contributed by atoms with Gasteiger partial charge in [-0.15, -0.1) is 0 Å². The lowest BCUT2D eigenvalue weighted by Gasteiger charge is -2.07. The molecule has 2 aromatic carbocycles. The average Bonchev–Trinajstić information content (AvgIpc) is 3.15. The van der Waals surface area contributed by atoms with Crippen LogP contribution >= 0.6 is 0 Å². The SMILES string of the molecule is O=C(O)c1cccc(-n2nc(-c3ccccc3)cc2-c2ccccn2)c1. The molecule has 0 aliphatic rings. The second-order valence-electron chi connectivity index (χ2n) is 5.76. The Labute approximate surface area is 150 Å². The molecule has 2 heterocycles. The lowest BCUT2D eigenvalue weighted by atomic mass is 10.1. The smallest absolute Gasteiger partial charge is 0.335 e. The molecular formula is C21H15N3O2. The average molecular weight is 341 g/mol. The number of nitrogens with zero attached hydrogens (tertiary/aromatic N) is 3. The highest BCUT2D eigenvalue weighted by Crippen LogP contribution is 2.27. The Morgan fingerprint density at radius 3 is 2.38 bits per heavy atom. The molecule has 0 saturated heterocycles. The monoisotopic (exact) mass is 341 g/mol. The molecule has 126 valence electrons. The van der Waals surface area contributed by atoms with Crippen LogP contribution in [0.4, 0.5) is 0 Å². The molecule has 0 spiro atoms. The van der Waals surface area contributed by atoms with E-state index in [-0.39, 0.29) is 5.56 Å². The summed E-state index contributed by atoms with van der Waals surface area (Å²) >= 11 is 0. The van der Waals surface area contributed by atoms with Crippen molar-refractivity contribution in [2.24, 2.45) is 0 Å². The predicted octanol–water partition coefficient (Wildman–Crippen LogP) is 4.30. The number of carbonyl (C=O) groups is 1. The molecule has 0 amide bonds. The number of aromatic nitrogens is 3. The number of hydrogen-bond donors (Lipinski definition) is 1. The number of carboxylic acids is 1. The van der Waals surface area contributed by atoms with E-state index in [1.165, 1.54) is 0 Å². The summed E-state index contributed by atoms with van der Waals surface area (Å²) in [6.45, 7) is 0. The van der Waals surface area contributed by atoms with E-state index < -0.39 is 5.97 Å². The number of carboxylic acid groups (broad SMARTS) is 1. The van der Waals surface area contributed by atoms with Gasteiger partial charge in [-0.25, -0.2) is 9.48 Å². The summed E-state index contributed by atoms with van der Waals surface area (Å²) in [7, 11) is 0. The molecule has 4 aromatic rings. The van der Waals surface area contributed by atoms with Gasteiger partial charge in [0.05, 0.1) is 28.3 Å². The van der Waals surface area contributed by atoms with E-state index in [1.54, 1.807) is 29.1 Å². The summed E-state index contributed by atoms with van der Waals surface area (Å²) < 4.78 is 1.73. The minimum absolute atomic E-state index is 0.214. The second-order valence-corrected chi connectivity index (χ2v) is 5.76. The van der Waals surface area contributed by atoms with Crippen LogP contribution in [0.15, 0.2) is 85.1 Å². The van der Waals surface area contributed by atoms with Crippen molar-refractivity contribution in [2.45, 2.75) is 0 Å². The van der Waals surface area contributed by atoms with Gasteiger partial charge in [0, 0.05) is 11.8 Å². The predicted molar refractivity (Wildman–Crippen MR) is 99.2 cm³/mol. The Hall–Kier alpha value is -3.73. The number of benzene rings is 2. The van der Waals surface area contributed by atoms with Gasteiger partial charge < -0.3 is 5.11 Å². The molecule has 4 rings (SSSR count). The van der Waals surface area contributed by atoms with Crippen molar-refractivity contribution >= 4 is 5.97 Å². The lowest BCUT2D eigenvalue weighted by molar-refractivity contribution is 0.0697. The molecule has 5 heteroatoms. The van der Waals surface area contributed by atoms with Gasteiger partial charge in [0.15, 0.2) is 0 Å². The van der Waals surface area contributed by atoms with Gasteiger partial charge in [-0.3, -0.25) is 4.98 Å². The van der Waals surface area contributed by atoms with Crippen molar-refractivity contribution in [3.8, 4) is 28.3 Å². The molecular weight excluding hydrogens is 326 g/mol. The standard InChI is InChI=1S/C21H15N3O2/c25-21(26)16-9-6-10-17(13-16)24-20(18-11-4-5-12-22-18)14-19(23-24)15-7-2-1-3-8-15/h1-14H,(H,25,26). The molecule has 0 aliphatic heterocycles. The van der Waals surface area contributed by atoms with E-state index in [0.29, 0.717) is 5.69 Å². The van der Waals surface area contributed by atoms with E-state index in [9.17, 15) is 9.90 Å². The zero-order valence-electron chi connectivity index (χ0n) is 13.8. The third-order valence-electron chi connectivity index (χ3n) is 4.04. The number of pyridine rings is 1. The van der Waals surface area contributed by atoms with Gasteiger partial charge >= 0.3 is 5.97 Å². The molecule has 0 fully saturated rings. The van der Waals surface area contributed by atoms with Gasteiger partial charge in [0.25, 0.3) is 0 Å². The van der Waals surface area contributed by atoms with Crippen LogP contribution in [-0.2, 0) is 0 Å². The zero-order chi connectivity index (χ0) is 17.9. The number of rotatable bonds is 4. The third kappa shape index (κ3) is 2.98. The summed E-state index contributed by atoms with van der Waals surface area (Å²) in [5.41, 5.74) is 4.23. The molecule has 0 aliphatic carbocycles. The first kappa shape index (κ1) is 15.8. The largest absolute Gasteiger partial charge is 0.478 e. The van der Waals surface area contributed by atoms with Crippen LogP contribution < -0.4 is 0 Å². The fraction of sp³-hybridized carbons (Fsp3) is 0. The lowest BCUT2D eigenvalue weighted by Crippen LogP contribution is -2.03. The minimum Gasteiger partial charge on any atom is -0.478 e. The number of hydrogen-bond acceptors (Lipinski definition) is 3. The van der Waals surface area contributed by atoms with Crippen molar-refractivity contribution < 1.29 is 9.90 Å². The quantitative estimate of drug-likeness (QED) is 0.601. The maximum atomic E-state index is 11.3. The van der Waals surface area contributed by atoms with Gasteiger partial charge in [-0.1, -0.05) is 42.5 Å². The Morgan fingerprint density at radius 2 is 1.65 bits per heavy atom. The van der Waals surface area contributed by atoms with Crippen LogP contribution in [0.1, 0.15) is 10.4 Å². The summed E-state index contributed by atoms with van der Waals surface area (Å²) in [6, 6.07) is 24.2. The molecule has 1 N–H and O–H groups in total. The maximum absolute atomic E-state index is 11.3. The fourth-order valence-corrected chi connectivity index (χ4v) is 2.80. The van der Waals surface area contributed by atoms with Crippen molar-refractivity contribution in [3.63, 3.8) is 0 Å². The summed E-state index contributed by atoms with van der Waals surface area (Å²) in [5, 5.41) is 14.0. The number of aromatic carboxylic acids is 1. The van der Waals surface area contributed by atoms with Crippen molar-refractivity contribution in [1.82, 2.24) is 14.8 Å². The Balaban J connectivity index is 1.91. The minimum atomic E-state index is -0.971. The molecule has 0 radical (unpaired) electrons. The van der Waals surface area contributed by atoms with Gasteiger partial charge in [-0.05, 0) is 36.4 Å². The molecule has 0 unspecified atom stereocenters. The van der Waals surface area contributed by atoms with E-state index in [1.807, 2.05) is 60.7 Å². The van der Waals surface area contributed by atoms with Crippen LogP contribution in [0.25, 0.3) is 28.3 Å². The first-order valence-corrected chi connectivity index (χ1v) is 8.13. The molecule has 0 bridgehead atoms. The maximum Gasteiger partial charge on any atom is 0.335 e. The summed E-state index contributed by atoms with van der Waals surface area (Å²) in [5.74, 6) is -0.971. The normalized spacial score (nSPS) is 10.6. The van der Waals surface area contributed by atoms with Gasteiger partial charge in [-0.2, -0.15) is 5.10 Å². The topological polar surface area (TPSA) is 68.0 Å². The van der Waals surface area contributed by atoms with Crippen molar-refractivity contribution in [2.75, 3.05) is 0 Å². The Morgan fingerprint density at radius 1 is 0.846 bits per heavy atom. The van der Waals surface area contributed by atoms with E-state index in [0.717, 1.165) is 22.6 Å². The fourth-order valence-electron chi connectivity index (χ4n) is 2.80. The van der Waals surface area contributed by atoms with Crippen LogP contribution in [0.2, 0.25) is 0 Å². The highest BCUT2D eigenvalue weighted by molar-refractivity contribution is 5.88. The first-order chi connectivity index (χ1) is 12.7. The van der Waals surface area contributed by atoms with E-state index in [2.05, 4.69) is 4.98 Å². The van der Waals surface area contributed by atoms with Crippen LogP contribution in [0.3, 0.4) is 0 Å². The van der Waals surface area contributed by atoms with Crippen LogP contribution in [0, 0.1) is 0 Å². The highest BCUT2D eigenvalue weighted by atomic mass is 16.4. The van der Waals surface area contributed by atoms with Crippen LogP contribution in [0.5, 0.6) is 0 Å². The van der Waals surface area contributed by atoms with Gasteiger partial charge in [0.1, 0.15) is 0 Å². The highest BCUT2D eigenvalue weighted by Gasteiger charge is 2.15. The zero-order valence-corrected chi connectivity index (χ0v) is 13.8. The summed E-state index contributed by atoms with van der Waals surface area (Å²) in [4.78, 5) is 15.7. The first-order valence-electron chi connectivity index (χ1n) is 8.13. The molecule has 5 nitrogen and oxygen atoms in total. The van der Waals surface area contributed by atoms with E-state index >= 15 is 0 Å². The Bertz CT molecular complexity index is 1060. The molecule has 0 saturated carbocycles. The third-order valence-corrected chi connectivity index (χ3v) is 4.04. The van der Waals surface area contributed by atoms with Gasteiger partial charge in [0.2, 0.25) is 0 Å². The van der Waals surface area contributed by atoms with Crippen LogP contribution in [-0.4, -0.2) is 25.8 Å². The Kier molecular flexibility index (Phi) is 4.03. The van der Waals surface area contributed by atoms with Crippen molar-refractivity contribution in [3.05, 3.63) is 90.6 Å². The molecule has 26 heavy (non-hydrogen) atoms. The van der Waals surface area contributed by atoms with Crippen molar-refractivity contribution in [1.29, 1.82) is 0 Å².